The van der Waals surface area contributed by atoms with Crippen LogP contribution in [0.1, 0.15) is 51.4 Å². The Morgan fingerprint density at radius 3 is 2.59 bits per heavy atom. The van der Waals surface area contributed by atoms with Gasteiger partial charge in [0, 0.05) is 28.4 Å². The monoisotopic (exact) mass is 454 g/mol. The highest BCUT2D eigenvalue weighted by Gasteiger charge is 2.29. The molecule has 0 fully saturated rings. The average Bonchev–Trinajstić information content (AvgIpc) is 3.05. The van der Waals surface area contributed by atoms with Gasteiger partial charge in [0.25, 0.3) is 5.91 Å². The van der Waals surface area contributed by atoms with E-state index in [0.29, 0.717) is 22.7 Å². The van der Waals surface area contributed by atoms with Gasteiger partial charge in [-0.3, -0.25) is 9.69 Å². The first-order valence-electron chi connectivity index (χ1n) is 9.56. The zero-order valence-corrected chi connectivity index (χ0v) is 19.4. The Hall–Kier alpha value is -1.54. The van der Waals surface area contributed by atoms with E-state index in [2.05, 4.69) is 17.1 Å². The summed E-state index contributed by atoms with van der Waals surface area (Å²) in [5, 5.41) is 3.56. The number of amides is 1. The molecule has 5 nitrogen and oxygen atoms in total. The Morgan fingerprint density at radius 1 is 1.24 bits per heavy atom. The summed E-state index contributed by atoms with van der Waals surface area (Å²) in [6.07, 6.45) is 3.90. The smallest absolute Gasteiger partial charge is 0.341 e. The molecule has 1 aromatic heterocycles. The van der Waals surface area contributed by atoms with E-state index in [-0.39, 0.29) is 24.3 Å². The van der Waals surface area contributed by atoms with Crippen LogP contribution in [0.15, 0.2) is 29.2 Å². The zero-order valence-electron chi connectivity index (χ0n) is 16.9. The van der Waals surface area contributed by atoms with Crippen LogP contribution in [0.25, 0.3) is 0 Å². The molecule has 1 N–H and O–H groups in total. The molecule has 0 radical (unpaired) electrons. The number of benzene rings is 1. The number of carbonyl (C=O) groups excluding carboxylic acids is 2. The lowest BCUT2D eigenvalue weighted by molar-refractivity contribution is 0.0526. The van der Waals surface area contributed by atoms with E-state index in [9.17, 15) is 9.59 Å². The van der Waals surface area contributed by atoms with Crippen LogP contribution in [-0.4, -0.2) is 42.7 Å². The van der Waals surface area contributed by atoms with Crippen molar-refractivity contribution in [1.82, 2.24) is 4.90 Å². The van der Waals surface area contributed by atoms with Gasteiger partial charge in [-0.05, 0) is 62.4 Å². The van der Waals surface area contributed by atoms with Gasteiger partial charge in [-0.2, -0.15) is 0 Å². The molecule has 3 rings (SSSR count). The Kier molecular flexibility index (Phi) is 9.02. The van der Waals surface area contributed by atoms with Gasteiger partial charge in [0.1, 0.15) is 5.00 Å². The molecule has 0 aliphatic carbocycles. The molecule has 158 valence electrons. The number of carbonyl (C=O) groups is 2. The standard InChI is InChI=1S/C21H26N2O3S2.ClH/c1-4-11-23-12-10-16-17(13-23)28-20(18(16)21(25)26-5-2)22-19(24)14-6-8-15(27-3)9-7-14;/h6-9H,4-5,10-13H2,1-3H3,(H,22,24);1H. The number of thioether (sulfide) groups is 1. The van der Waals surface area contributed by atoms with E-state index in [0.717, 1.165) is 47.8 Å². The maximum Gasteiger partial charge on any atom is 0.341 e. The first-order chi connectivity index (χ1) is 13.6. The van der Waals surface area contributed by atoms with Crippen LogP contribution in [-0.2, 0) is 17.7 Å². The van der Waals surface area contributed by atoms with Gasteiger partial charge in [0.15, 0.2) is 0 Å². The van der Waals surface area contributed by atoms with E-state index >= 15 is 0 Å². The molecule has 29 heavy (non-hydrogen) atoms. The third-order valence-electron chi connectivity index (χ3n) is 4.73. The number of ether oxygens (including phenoxy) is 1. The predicted octanol–water partition coefficient (Wildman–Crippen LogP) is 5.09. The highest BCUT2D eigenvalue weighted by molar-refractivity contribution is 7.98. The lowest BCUT2D eigenvalue weighted by atomic mass is 10.0. The van der Waals surface area contributed by atoms with Crippen LogP contribution in [0.2, 0.25) is 0 Å². The number of halogens is 1. The minimum absolute atomic E-state index is 0. The molecule has 1 amide bonds. The third-order valence-corrected chi connectivity index (χ3v) is 6.61. The molecule has 1 aliphatic rings. The van der Waals surface area contributed by atoms with E-state index in [1.807, 2.05) is 30.5 Å². The minimum atomic E-state index is -0.350. The number of hydrogen-bond donors (Lipinski definition) is 1. The van der Waals surface area contributed by atoms with Crippen molar-refractivity contribution in [3.05, 3.63) is 45.8 Å². The van der Waals surface area contributed by atoms with Crippen molar-refractivity contribution >= 4 is 52.4 Å². The summed E-state index contributed by atoms with van der Waals surface area (Å²) in [5.74, 6) is -0.556. The van der Waals surface area contributed by atoms with Crippen LogP contribution >= 0.6 is 35.5 Å². The molecule has 0 atom stereocenters. The second-order valence-corrected chi connectivity index (χ2v) is 8.62. The molecule has 0 spiro atoms. The van der Waals surface area contributed by atoms with Gasteiger partial charge in [0.05, 0.1) is 12.2 Å². The van der Waals surface area contributed by atoms with E-state index in [1.54, 1.807) is 18.7 Å². The van der Waals surface area contributed by atoms with Crippen LogP contribution < -0.4 is 5.32 Å². The van der Waals surface area contributed by atoms with Crippen molar-refractivity contribution in [3.63, 3.8) is 0 Å². The molecule has 1 aliphatic heterocycles. The molecule has 2 aromatic rings. The summed E-state index contributed by atoms with van der Waals surface area (Å²) < 4.78 is 5.28. The molecule has 2 heterocycles. The van der Waals surface area contributed by atoms with Crippen molar-refractivity contribution < 1.29 is 14.3 Å². The first-order valence-corrected chi connectivity index (χ1v) is 11.6. The minimum Gasteiger partial charge on any atom is -0.462 e. The summed E-state index contributed by atoms with van der Waals surface area (Å²) >= 11 is 3.13. The number of esters is 1. The van der Waals surface area contributed by atoms with Crippen LogP contribution in [0.5, 0.6) is 0 Å². The topological polar surface area (TPSA) is 58.6 Å². The Morgan fingerprint density at radius 2 is 1.97 bits per heavy atom. The fourth-order valence-corrected chi connectivity index (χ4v) is 5.07. The zero-order chi connectivity index (χ0) is 20.1. The van der Waals surface area contributed by atoms with Crippen molar-refractivity contribution in [1.29, 1.82) is 0 Å². The predicted molar refractivity (Wildman–Crippen MR) is 123 cm³/mol. The first kappa shape index (κ1) is 23.7. The number of hydrogen-bond acceptors (Lipinski definition) is 6. The summed E-state index contributed by atoms with van der Waals surface area (Å²) in [4.78, 5) is 30.0. The molecular weight excluding hydrogens is 428 g/mol. The number of thiophene rings is 1. The van der Waals surface area contributed by atoms with Crippen LogP contribution in [0.4, 0.5) is 5.00 Å². The van der Waals surface area contributed by atoms with Gasteiger partial charge in [-0.1, -0.05) is 6.92 Å². The average molecular weight is 455 g/mol. The van der Waals surface area contributed by atoms with Gasteiger partial charge in [-0.15, -0.1) is 35.5 Å². The van der Waals surface area contributed by atoms with Gasteiger partial charge in [0.2, 0.25) is 0 Å². The molecular formula is C21H27ClN2O3S2. The second-order valence-electron chi connectivity index (χ2n) is 6.64. The number of anilines is 1. The van der Waals surface area contributed by atoms with Gasteiger partial charge < -0.3 is 10.1 Å². The summed E-state index contributed by atoms with van der Waals surface area (Å²) in [5.41, 5.74) is 2.14. The van der Waals surface area contributed by atoms with Crippen molar-refractivity contribution in [3.8, 4) is 0 Å². The number of nitrogens with zero attached hydrogens (tertiary/aromatic N) is 1. The highest BCUT2D eigenvalue weighted by atomic mass is 35.5. The number of fused-ring (bicyclic) bond motifs is 1. The SMILES string of the molecule is CCCN1CCc2c(sc(NC(=O)c3ccc(SC)cc3)c2C(=O)OCC)C1.Cl. The third kappa shape index (κ3) is 5.54. The maximum atomic E-state index is 12.8. The lowest BCUT2D eigenvalue weighted by Crippen LogP contribution is -2.30. The van der Waals surface area contributed by atoms with Gasteiger partial charge >= 0.3 is 5.97 Å². The Labute approximate surface area is 186 Å². The van der Waals surface area contributed by atoms with Gasteiger partial charge in [-0.25, -0.2) is 4.79 Å². The Bertz CT molecular complexity index is 852. The van der Waals surface area contributed by atoms with E-state index in [1.165, 1.54) is 11.3 Å². The molecule has 1 aromatic carbocycles. The number of nitrogens with one attached hydrogen (secondary N) is 1. The largest absolute Gasteiger partial charge is 0.462 e. The Balaban J connectivity index is 0.00000300. The van der Waals surface area contributed by atoms with E-state index in [4.69, 9.17) is 4.74 Å². The maximum absolute atomic E-state index is 12.8. The molecule has 0 unspecified atom stereocenters. The van der Waals surface area contributed by atoms with Crippen molar-refractivity contribution in [2.45, 2.75) is 38.1 Å². The number of rotatable bonds is 7. The lowest BCUT2D eigenvalue weighted by Gasteiger charge is -2.26. The molecule has 0 bridgehead atoms. The fourth-order valence-electron chi connectivity index (χ4n) is 3.39. The molecule has 0 saturated heterocycles. The van der Waals surface area contributed by atoms with Crippen molar-refractivity contribution in [2.24, 2.45) is 0 Å². The molecule has 0 saturated carbocycles. The second kappa shape index (κ2) is 11.0. The molecule has 8 heteroatoms. The quantitative estimate of drug-likeness (QED) is 0.466. The normalized spacial score (nSPS) is 13.3. The summed E-state index contributed by atoms with van der Waals surface area (Å²) in [6.45, 7) is 7.06. The van der Waals surface area contributed by atoms with Crippen molar-refractivity contribution in [2.75, 3.05) is 31.3 Å². The summed E-state index contributed by atoms with van der Waals surface area (Å²) in [6, 6.07) is 7.46. The summed E-state index contributed by atoms with van der Waals surface area (Å²) in [7, 11) is 0. The fraction of sp³-hybridized carbons (Fsp3) is 0.429. The highest BCUT2D eigenvalue weighted by Crippen LogP contribution is 2.38. The van der Waals surface area contributed by atoms with Crippen LogP contribution in [0.3, 0.4) is 0 Å². The van der Waals surface area contributed by atoms with Crippen LogP contribution in [0, 0.1) is 0 Å². The van der Waals surface area contributed by atoms with E-state index < -0.39 is 0 Å².